The van der Waals surface area contributed by atoms with Crippen LogP contribution in [0.3, 0.4) is 0 Å². The molecular weight excluding hydrogens is 220 g/mol. The number of benzene rings is 1. The molecule has 0 aliphatic carbocycles. The second kappa shape index (κ2) is 5.08. The van der Waals surface area contributed by atoms with Crippen molar-refractivity contribution < 1.29 is 4.84 Å². The monoisotopic (exact) mass is 238 g/mol. The summed E-state index contributed by atoms with van der Waals surface area (Å²) >= 11 is 1.84. The Morgan fingerprint density at radius 3 is 2.56 bits per heavy atom. The largest absolute Gasteiger partial charge is 0.279 e. The van der Waals surface area contributed by atoms with E-state index in [4.69, 9.17) is 4.84 Å². The molecule has 2 rings (SSSR count). The fourth-order valence-corrected chi connectivity index (χ4v) is 2.76. The van der Waals surface area contributed by atoms with E-state index in [1.165, 1.54) is 11.4 Å². The van der Waals surface area contributed by atoms with Gasteiger partial charge in [-0.25, -0.2) is 4.31 Å². The molecule has 2 unspecified atom stereocenters. The predicted molar refractivity (Wildman–Crippen MR) is 68.3 cm³/mol. The number of nitrogens with zero attached hydrogens (tertiary/aromatic N) is 1. The van der Waals surface area contributed by atoms with Gasteiger partial charge in [0, 0.05) is 17.5 Å². The normalized spacial score (nSPS) is 23.5. The van der Waals surface area contributed by atoms with Gasteiger partial charge in [-0.2, -0.15) is 0 Å². The SMILES string of the molecule is CONc1ccc(SN2CC2C(C)C)cc1. The minimum Gasteiger partial charge on any atom is -0.279 e. The van der Waals surface area contributed by atoms with Gasteiger partial charge in [0.1, 0.15) is 0 Å². The fourth-order valence-electron chi connectivity index (χ4n) is 1.62. The van der Waals surface area contributed by atoms with Gasteiger partial charge in [-0.15, -0.1) is 0 Å². The molecule has 0 radical (unpaired) electrons. The van der Waals surface area contributed by atoms with E-state index < -0.39 is 0 Å². The summed E-state index contributed by atoms with van der Waals surface area (Å²) in [5, 5.41) is 0. The number of rotatable bonds is 5. The van der Waals surface area contributed by atoms with Crippen molar-refractivity contribution in [3.63, 3.8) is 0 Å². The Kier molecular flexibility index (Phi) is 3.74. The molecule has 1 saturated heterocycles. The molecule has 88 valence electrons. The van der Waals surface area contributed by atoms with Crippen LogP contribution in [0.4, 0.5) is 5.69 Å². The summed E-state index contributed by atoms with van der Waals surface area (Å²) in [6.07, 6.45) is 0. The van der Waals surface area contributed by atoms with Crippen molar-refractivity contribution >= 4 is 17.6 Å². The van der Waals surface area contributed by atoms with Crippen molar-refractivity contribution in [2.45, 2.75) is 24.8 Å². The molecular formula is C12H18N2OS. The number of nitrogens with one attached hydrogen (secondary N) is 1. The molecule has 1 aliphatic rings. The second-order valence-electron chi connectivity index (χ2n) is 4.33. The lowest BCUT2D eigenvalue weighted by molar-refractivity contribution is 0.271. The first-order valence-electron chi connectivity index (χ1n) is 5.54. The van der Waals surface area contributed by atoms with Gasteiger partial charge >= 0.3 is 0 Å². The number of hydrogen-bond acceptors (Lipinski definition) is 4. The van der Waals surface area contributed by atoms with E-state index >= 15 is 0 Å². The minimum atomic E-state index is 0.752. The molecule has 1 aliphatic heterocycles. The van der Waals surface area contributed by atoms with Gasteiger partial charge in [0.25, 0.3) is 0 Å². The van der Waals surface area contributed by atoms with Crippen molar-refractivity contribution in [1.29, 1.82) is 0 Å². The van der Waals surface area contributed by atoms with E-state index in [2.05, 4.69) is 35.8 Å². The van der Waals surface area contributed by atoms with Crippen molar-refractivity contribution in [1.82, 2.24) is 4.31 Å². The third kappa shape index (κ3) is 2.90. The topological polar surface area (TPSA) is 24.3 Å². The standard InChI is InChI=1S/C12H18N2OS/c1-9(2)12-8-14(12)16-11-6-4-10(5-7-11)13-15-3/h4-7,9,12-13H,8H2,1-3H3. The first-order chi connectivity index (χ1) is 7.70. The lowest BCUT2D eigenvalue weighted by Gasteiger charge is -2.07. The van der Waals surface area contributed by atoms with Gasteiger partial charge in [0.05, 0.1) is 12.8 Å². The van der Waals surface area contributed by atoms with Crippen molar-refractivity contribution in [2.24, 2.45) is 5.92 Å². The van der Waals surface area contributed by atoms with E-state index in [0.717, 1.165) is 17.6 Å². The molecule has 1 fully saturated rings. The van der Waals surface area contributed by atoms with E-state index in [9.17, 15) is 0 Å². The van der Waals surface area contributed by atoms with Gasteiger partial charge in [-0.05, 0) is 42.1 Å². The van der Waals surface area contributed by atoms with Crippen LogP contribution in [-0.2, 0) is 4.84 Å². The van der Waals surface area contributed by atoms with Crippen LogP contribution in [-0.4, -0.2) is 24.0 Å². The first kappa shape index (κ1) is 11.8. The summed E-state index contributed by atoms with van der Waals surface area (Å²) in [5.41, 5.74) is 3.79. The van der Waals surface area contributed by atoms with Crippen LogP contribution in [0.5, 0.6) is 0 Å². The molecule has 16 heavy (non-hydrogen) atoms. The van der Waals surface area contributed by atoms with Gasteiger partial charge in [-0.3, -0.25) is 10.3 Å². The summed E-state index contributed by atoms with van der Waals surface area (Å²) in [7, 11) is 1.62. The number of hydrogen-bond donors (Lipinski definition) is 1. The summed E-state index contributed by atoms with van der Waals surface area (Å²) in [6.45, 7) is 5.76. The third-order valence-corrected chi connectivity index (χ3v) is 3.81. The molecule has 1 heterocycles. The molecule has 3 nitrogen and oxygen atoms in total. The van der Waals surface area contributed by atoms with E-state index in [1.807, 2.05) is 24.1 Å². The van der Waals surface area contributed by atoms with Crippen molar-refractivity contribution in [3.05, 3.63) is 24.3 Å². The first-order valence-corrected chi connectivity index (χ1v) is 6.31. The van der Waals surface area contributed by atoms with Gasteiger partial charge in [0.15, 0.2) is 0 Å². The van der Waals surface area contributed by atoms with Gasteiger partial charge < -0.3 is 0 Å². The molecule has 1 N–H and O–H groups in total. The van der Waals surface area contributed by atoms with E-state index in [0.29, 0.717) is 0 Å². The zero-order valence-electron chi connectivity index (χ0n) is 9.93. The maximum Gasteiger partial charge on any atom is 0.0636 e. The predicted octanol–water partition coefficient (Wildman–Crippen LogP) is 3.01. The van der Waals surface area contributed by atoms with Crippen LogP contribution in [0, 0.1) is 5.92 Å². The minimum absolute atomic E-state index is 0.752. The Balaban J connectivity index is 1.87. The Morgan fingerprint density at radius 1 is 1.38 bits per heavy atom. The van der Waals surface area contributed by atoms with Gasteiger partial charge in [0.2, 0.25) is 0 Å². The molecule has 1 aromatic carbocycles. The Bertz CT molecular complexity index is 339. The zero-order chi connectivity index (χ0) is 11.5. The maximum absolute atomic E-state index is 4.84. The maximum atomic E-state index is 4.84. The highest BCUT2D eigenvalue weighted by molar-refractivity contribution is 7.97. The van der Waals surface area contributed by atoms with E-state index in [1.54, 1.807) is 7.11 Å². The highest BCUT2D eigenvalue weighted by atomic mass is 32.2. The average Bonchev–Trinajstić information content (AvgIpc) is 3.01. The molecule has 1 aromatic rings. The zero-order valence-corrected chi connectivity index (χ0v) is 10.8. The molecule has 0 amide bonds. The van der Waals surface area contributed by atoms with Crippen LogP contribution in [0.1, 0.15) is 13.8 Å². The molecule has 4 heteroatoms. The molecule has 0 bridgehead atoms. The van der Waals surface area contributed by atoms with Crippen LogP contribution in [0.25, 0.3) is 0 Å². The van der Waals surface area contributed by atoms with Crippen LogP contribution in [0.15, 0.2) is 29.2 Å². The lowest BCUT2D eigenvalue weighted by Crippen LogP contribution is -2.01. The lowest BCUT2D eigenvalue weighted by atomic mass is 10.1. The highest BCUT2D eigenvalue weighted by Crippen LogP contribution is 2.37. The molecule has 0 saturated carbocycles. The van der Waals surface area contributed by atoms with Crippen molar-refractivity contribution in [2.75, 3.05) is 19.1 Å². The molecule has 2 atom stereocenters. The summed E-state index contributed by atoms with van der Waals surface area (Å²) in [5.74, 6) is 0.752. The summed E-state index contributed by atoms with van der Waals surface area (Å²) in [4.78, 5) is 6.12. The van der Waals surface area contributed by atoms with Crippen LogP contribution < -0.4 is 5.48 Å². The smallest absolute Gasteiger partial charge is 0.0636 e. The van der Waals surface area contributed by atoms with Gasteiger partial charge in [-0.1, -0.05) is 13.8 Å². The second-order valence-corrected chi connectivity index (χ2v) is 5.46. The summed E-state index contributed by atoms with van der Waals surface area (Å²) in [6, 6.07) is 9.03. The van der Waals surface area contributed by atoms with Crippen LogP contribution >= 0.6 is 11.9 Å². The van der Waals surface area contributed by atoms with E-state index in [-0.39, 0.29) is 0 Å². The average molecular weight is 238 g/mol. The molecule has 0 aromatic heterocycles. The highest BCUT2D eigenvalue weighted by Gasteiger charge is 2.37. The fraction of sp³-hybridized carbons (Fsp3) is 0.500. The Hall–Kier alpha value is -0.710. The Morgan fingerprint density at radius 2 is 2.06 bits per heavy atom. The number of anilines is 1. The summed E-state index contributed by atoms with van der Waals surface area (Å²) < 4.78 is 2.42. The molecule has 0 spiro atoms. The quantitative estimate of drug-likeness (QED) is 0.484. The van der Waals surface area contributed by atoms with Crippen LogP contribution in [0.2, 0.25) is 0 Å². The third-order valence-electron chi connectivity index (χ3n) is 2.67. The van der Waals surface area contributed by atoms with Crippen molar-refractivity contribution in [3.8, 4) is 0 Å². The Labute approximate surface area is 101 Å².